The van der Waals surface area contributed by atoms with Crippen molar-refractivity contribution < 1.29 is 26.6 Å². The molecule has 1 nitrogen and oxygen atoms in total. The quantitative estimate of drug-likeness (QED) is 0.138. The summed E-state index contributed by atoms with van der Waals surface area (Å²) in [6.45, 7) is 8.35. The van der Waals surface area contributed by atoms with Crippen molar-refractivity contribution in [3.05, 3.63) is 140 Å². The van der Waals surface area contributed by atoms with Crippen molar-refractivity contribution in [3.8, 4) is 0 Å². The molecule has 4 aromatic carbocycles. The largest absolute Gasteiger partial charge is 3.00 e. The fourth-order valence-electron chi connectivity index (χ4n) is 4.33. The summed E-state index contributed by atoms with van der Waals surface area (Å²) in [6, 6.07) is 37.1. The van der Waals surface area contributed by atoms with Crippen molar-refractivity contribution in [2.24, 2.45) is 0 Å². The predicted molar refractivity (Wildman–Crippen MR) is 181 cm³/mol. The standard InChI is InChI=1S/C14H15OP.C13H12P.2C5H9.Ti/c1-11-3-7-13(8-4-11)16(15)14-9-5-12(2)6-10-14;1-14(12-8-4-2-5-9-12)13-10-6-3-7-11-13;2*1-2-4-5-3-1;/h3-10,15H,1-2H3;2-11H,1H2;2*1H,2-5H2;/q;3*-1;+3. The van der Waals surface area contributed by atoms with Gasteiger partial charge in [-0.15, -0.1) is 0 Å². The summed E-state index contributed by atoms with van der Waals surface area (Å²) in [5.74, 6) is 0. The molecule has 4 heteroatoms. The van der Waals surface area contributed by atoms with E-state index in [0.717, 1.165) is 10.6 Å². The minimum atomic E-state index is -1.20. The van der Waals surface area contributed by atoms with E-state index in [0.29, 0.717) is 0 Å². The first kappa shape index (κ1) is 35.6. The monoisotopic (exact) mass is 615 g/mol. The number of aryl methyl sites for hydroxylation is 2. The smallest absolute Gasteiger partial charge is 0.364 e. The molecule has 41 heavy (non-hydrogen) atoms. The van der Waals surface area contributed by atoms with Gasteiger partial charge in [-0.2, -0.15) is 25.7 Å². The molecule has 2 aliphatic carbocycles. The summed E-state index contributed by atoms with van der Waals surface area (Å²) in [7, 11) is -1.62. The third-order valence-electron chi connectivity index (χ3n) is 6.83. The average Bonchev–Trinajstić information content (AvgIpc) is 3.79. The summed E-state index contributed by atoms with van der Waals surface area (Å²) >= 11 is 0. The van der Waals surface area contributed by atoms with Gasteiger partial charge in [-0.3, -0.25) is 0 Å². The van der Waals surface area contributed by atoms with E-state index in [1.54, 1.807) is 0 Å². The number of benzene rings is 4. The molecule has 0 spiro atoms. The third kappa shape index (κ3) is 14.0. The number of hydrogen-bond acceptors (Lipinski definition) is 1. The van der Waals surface area contributed by atoms with Crippen LogP contribution in [0.4, 0.5) is 0 Å². The second-order valence-corrected chi connectivity index (χ2v) is 13.8. The zero-order valence-corrected chi connectivity index (χ0v) is 28.1. The Morgan fingerprint density at radius 3 is 1.10 bits per heavy atom. The Morgan fingerprint density at radius 2 is 0.829 bits per heavy atom. The third-order valence-corrected chi connectivity index (χ3v) is 10.2. The van der Waals surface area contributed by atoms with Crippen LogP contribution in [-0.2, 0) is 21.7 Å². The van der Waals surface area contributed by atoms with E-state index in [-0.39, 0.29) is 21.7 Å². The van der Waals surface area contributed by atoms with Gasteiger partial charge in [0.15, 0.2) is 0 Å². The molecule has 0 aliphatic heterocycles. The van der Waals surface area contributed by atoms with E-state index in [1.807, 2.05) is 60.7 Å². The van der Waals surface area contributed by atoms with Crippen LogP contribution in [0.5, 0.6) is 0 Å². The second kappa shape index (κ2) is 21.2. The molecule has 6 rings (SSSR count). The van der Waals surface area contributed by atoms with Gasteiger partial charge in [0.05, 0.1) is 8.15 Å². The van der Waals surface area contributed by atoms with Gasteiger partial charge in [-0.1, -0.05) is 157 Å². The van der Waals surface area contributed by atoms with Crippen molar-refractivity contribution in [2.45, 2.75) is 65.2 Å². The first-order valence-electron chi connectivity index (χ1n) is 14.5. The first-order valence-corrected chi connectivity index (χ1v) is 17.3. The van der Waals surface area contributed by atoms with Crippen molar-refractivity contribution in [2.75, 3.05) is 0 Å². The molecule has 0 unspecified atom stereocenters. The zero-order chi connectivity index (χ0) is 28.4. The molecule has 0 aromatic heterocycles. The molecular formula is C37H45OP2Ti. The van der Waals surface area contributed by atoms with Crippen LogP contribution in [-0.4, -0.2) is 4.89 Å². The molecule has 1 N–H and O–H groups in total. The Labute approximate surface area is 267 Å². The maximum Gasteiger partial charge on any atom is 3.00 e. The maximum absolute atomic E-state index is 10.2. The number of hydrogen-bond donors (Lipinski definition) is 1. The average molecular weight is 616 g/mol. The minimum absolute atomic E-state index is 0. The molecule has 0 saturated heterocycles. The first-order chi connectivity index (χ1) is 19.5. The van der Waals surface area contributed by atoms with E-state index >= 15 is 0 Å². The van der Waals surface area contributed by atoms with Gasteiger partial charge in [-0.05, 0) is 13.8 Å². The summed E-state index contributed by atoms with van der Waals surface area (Å²) in [5.41, 5.74) is 2.44. The minimum Gasteiger partial charge on any atom is -0.364 e. The summed E-state index contributed by atoms with van der Waals surface area (Å²) in [6.07, 6.45) is 16.0. The van der Waals surface area contributed by atoms with E-state index in [9.17, 15) is 4.89 Å². The molecule has 0 heterocycles. The van der Waals surface area contributed by atoms with E-state index < -0.39 is 16.1 Å². The van der Waals surface area contributed by atoms with Gasteiger partial charge in [-0.25, -0.2) is 7.92 Å². The fraction of sp³-hybridized carbons (Fsp3) is 0.270. The molecule has 0 bridgehead atoms. The molecule has 0 atom stereocenters. The van der Waals surface area contributed by atoms with Gasteiger partial charge in [0.25, 0.3) is 0 Å². The molecule has 4 aromatic rings. The normalized spacial score (nSPS) is 13.6. The summed E-state index contributed by atoms with van der Waals surface area (Å²) < 4.78 is 0. The van der Waals surface area contributed by atoms with Crippen LogP contribution in [0.3, 0.4) is 0 Å². The number of rotatable bonds is 4. The van der Waals surface area contributed by atoms with Gasteiger partial charge in [0.1, 0.15) is 0 Å². The Balaban J connectivity index is 0.000000212. The van der Waals surface area contributed by atoms with Crippen LogP contribution in [0.1, 0.15) is 62.5 Å². The van der Waals surface area contributed by atoms with Crippen LogP contribution in [0, 0.1) is 33.4 Å². The Kier molecular flexibility index (Phi) is 18.4. The van der Waals surface area contributed by atoms with Crippen molar-refractivity contribution in [1.29, 1.82) is 0 Å². The van der Waals surface area contributed by atoms with Crippen LogP contribution in [0.25, 0.3) is 0 Å². The van der Waals surface area contributed by atoms with Crippen LogP contribution >= 0.6 is 16.1 Å². The SMILES string of the molecule is Cc1ccc(P(O)c2ccc(C)cc2)cc1.[CH-]1CCCC1.[CH-]1CCCC1.[CH2-]P(c1ccccc1)c1ccccc1.[Ti+3]. The van der Waals surface area contributed by atoms with E-state index in [2.05, 4.69) is 81.9 Å². The van der Waals surface area contributed by atoms with Crippen LogP contribution in [0.2, 0.25) is 0 Å². The second-order valence-electron chi connectivity index (χ2n) is 10.2. The summed E-state index contributed by atoms with van der Waals surface area (Å²) in [4.78, 5) is 10.2. The van der Waals surface area contributed by atoms with E-state index in [4.69, 9.17) is 0 Å². The molecule has 1 radical (unpaired) electrons. The topological polar surface area (TPSA) is 20.2 Å². The van der Waals surface area contributed by atoms with Gasteiger partial charge < -0.3 is 24.4 Å². The van der Waals surface area contributed by atoms with E-state index in [1.165, 1.54) is 73.1 Å². The molecule has 2 saturated carbocycles. The molecule has 2 fully saturated rings. The van der Waals surface area contributed by atoms with Crippen LogP contribution < -0.4 is 21.2 Å². The maximum atomic E-state index is 10.2. The van der Waals surface area contributed by atoms with Crippen LogP contribution in [0.15, 0.2) is 109 Å². The Morgan fingerprint density at radius 1 is 0.512 bits per heavy atom. The van der Waals surface area contributed by atoms with Crippen molar-refractivity contribution in [3.63, 3.8) is 0 Å². The Bertz CT molecular complexity index is 1060. The molecular weight excluding hydrogens is 570 g/mol. The molecule has 0 amide bonds. The Hall–Kier alpha value is -1.59. The van der Waals surface area contributed by atoms with Gasteiger partial charge >= 0.3 is 21.7 Å². The van der Waals surface area contributed by atoms with Crippen molar-refractivity contribution >= 4 is 37.3 Å². The molecule has 2 aliphatic rings. The van der Waals surface area contributed by atoms with Crippen molar-refractivity contribution in [1.82, 2.24) is 0 Å². The van der Waals surface area contributed by atoms with Gasteiger partial charge in [0, 0.05) is 10.6 Å². The zero-order valence-electron chi connectivity index (χ0n) is 24.8. The molecule has 213 valence electrons. The fourth-order valence-corrected chi connectivity index (χ4v) is 6.85. The van der Waals surface area contributed by atoms with Gasteiger partial charge in [0.2, 0.25) is 0 Å². The predicted octanol–water partition coefficient (Wildman–Crippen LogP) is 9.08. The summed E-state index contributed by atoms with van der Waals surface area (Å²) in [5, 5.41) is 4.66.